The molecule has 7 heteroatoms. The average molecular weight is 314 g/mol. The van der Waals surface area contributed by atoms with Crippen LogP contribution in [0.25, 0.3) is 0 Å². The lowest BCUT2D eigenvalue weighted by Crippen LogP contribution is -2.47. The van der Waals surface area contributed by atoms with Crippen LogP contribution in [0.4, 0.5) is 10.9 Å². The van der Waals surface area contributed by atoms with Crippen molar-refractivity contribution in [1.82, 2.24) is 9.88 Å². The van der Waals surface area contributed by atoms with Gasteiger partial charge in [0.1, 0.15) is 10.7 Å². The highest BCUT2D eigenvalue weighted by molar-refractivity contribution is 8.00. The lowest BCUT2D eigenvalue weighted by Gasteiger charge is -2.37. The maximum atomic E-state index is 12.7. The number of hydrogen-bond donors (Lipinski definition) is 2. The van der Waals surface area contributed by atoms with Crippen molar-refractivity contribution in [1.29, 1.82) is 0 Å². The number of amides is 1. The second-order valence-electron chi connectivity index (χ2n) is 5.35. The van der Waals surface area contributed by atoms with Crippen molar-refractivity contribution in [2.45, 2.75) is 45.0 Å². The zero-order valence-electron chi connectivity index (χ0n) is 12.3. The Kier molecular flexibility index (Phi) is 4.80. The fourth-order valence-corrected chi connectivity index (χ4v) is 4.23. The quantitative estimate of drug-likeness (QED) is 0.897. The van der Waals surface area contributed by atoms with Crippen molar-refractivity contribution in [2.75, 3.05) is 23.3 Å². The number of aromatic nitrogens is 1. The number of rotatable bonds is 3. The van der Waals surface area contributed by atoms with Crippen LogP contribution in [0.15, 0.2) is 0 Å². The van der Waals surface area contributed by atoms with E-state index in [-0.39, 0.29) is 18.0 Å². The molecule has 1 aliphatic heterocycles. The van der Waals surface area contributed by atoms with E-state index < -0.39 is 0 Å². The molecule has 2 rings (SSSR count). The summed E-state index contributed by atoms with van der Waals surface area (Å²) in [4.78, 5) is 19.4. The van der Waals surface area contributed by atoms with Crippen molar-refractivity contribution >= 4 is 40.0 Å². The topological polar surface area (TPSA) is 71.2 Å². The standard InChI is InChI=1S/C13H22N4OS2/c1-7(2)15-13-16-11(14)10(20-13)12(18)17-5-6-19-9(4)8(17)3/h7-9H,5-6,14H2,1-4H3,(H,15,16). The van der Waals surface area contributed by atoms with E-state index in [2.05, 4.69) is 24.1 Å². The number of hydrogen-bond acceptors (Lipinski definition) is 6. The predicted molar refractivity (Wildman–Crippen MR) is 87.7 cm³/mol. The third-order valence-corrected chi connectivity index (χ3v) is 5.73. The molecular formula is C13H22N4OS2. The first-order valence-corrected chi connectivity index (χ1v) is 8.72. The van der Waals surface area contributed by atoms with Crippen molar-refractivity contribution in [3.05, 3.63) is 4.88 Å². The molecule has 0 radical (unpaired) electrons. The molecule has 1 fully saturated rings. The Balaban J connectivity index is 2.18. The smallest absolute Gasteiger partial charge is 0.268 e. The van der Waals surface area contributed by atoms with Crippen molar-refractivity contribution in [3.63, 3.8) is 0 Å². The number of nitrogens with zero attached hydrogens (tertiary/aromatic N) is 2. The summed E-state index contributed by atoms with van der Waals surface area (Å²) < 4.78 is 0. The number of thiazole rings is 1. The van der Waals surface area contributed by atoms with E-state index in [9.17, 15) is 4.79 Å². The van der Waals surface area contributed by atoms with Gasteiger partial charge in [-0.05, 0) is 20.8 Å². The number of nitrogens with one attached hydrogen (secondary N) is 1. The van der Waals surface area contributed by atoms with Gasteiger partial charge in [0.15, 0.2) is 5.13 Å². The molecule has 2 atom stereocenters. The van der Waals surface area contributed by atoms with E-state index in [0.29, 0.717) is 21.1 Å². The number of nitrogen functional groups attached to an aromatic ring is 1. The Morgan fingerprint density at radius 2 is 2.20 bits per heavy atom. The number of nitrogens with two attached hydrogens (primary N) is 1. The third-order valence-electron chi connectivity index (χ3n) is 3.40. The third kappa shape index (κ3) is 3.20. The van der Waals surface area contributed by atoms with Gasteiger partial charge in [-0.2, -0.15) is 11.8 Å². The molecule has 1 amide bonds. The summed E-state index contributed by atoms with van der Waals surface area (Å²) in [5, 5.41) is 4.37. The Labute approximate surface area is 128 Å². The second-order valence-corrected chi connectivity index (χ2v) is 7.83. The first-order valence-electron chi connectivity index (χ1n) is 6.85. The summed E-state index contributed by atoms with van der Waals surface area (Å²) in [7, 11) is 0. The minimum absolute atomic E-state index is 0.0106. The van der Waals surface area contributed by atoms with Crippen LogP contribution in [0.2, 0.25) is 0 Å². The molecular weight excluding hydrogens is 292 g/mol. The molecule has 2 heterocycles. The van der Waals surface area contributed by atoms with Crippen LogP contribution < -0.4 is 11.1 Å². The molecule has 5 nitrogen and oxygen atoms in total. The van der Waals surface area contributed by atoms with E-state index in [1.807, 2.05) is 30.5 Å². The summed E-state index contributed by atoms with van der Waals surface area (Å²) in [5.74, 6) is 1.32. The molecule has 0 spiro atoms. The molecule has 0 saturated carbocycles. The molecule has 1 aromatic heterocycles. The van der Waals surface area contributed by atoms with Gasteiger partial charge in [-0.25, -0.2) is 4.98 Å². The minimum atomic E-state index is 0.0106. The van der Waals surface area contributed by atoms with E-state index in [1.54, 1.807) is 0 Å². The van der Waals surface area contributed by atoms with E-state index in [4.69, 9.17) is 5.73 Å². The zero-order chi connectivity index (χ0) is 14.9. The Bertz CT molecular complexity index is 489. The highest BCUT2D eigenvalue weighted by atomic mass is 32.2. The molecule has 0 bridgehead atoms. The highest BCUT2D eigenvalue weighted by Crippen LogP contribution is 2.31. The molecule has 1 aromatic rings. The van der Waals surface area contributed by atoms with Crippen LogP contribution in [0, 0.1) is 0 Å². The molecule has 20 heavy (non-hydrogen) atoms. The summed E-state index contributed by atoms with van der Waals surface area (Å²) in [5.41, 5.74) is 5.91. The van der Waals surface area contributed by atoms with E-state index in [0.717, 1.165) is 12.3 Å². The number of carbonyl (C=O) groups excluding carboxylic acids is 1. The first kappa shape index (κ1) is 15.4. The number of carbonyl (C=O) groups is 1. The van der Waals surface area contributed by atoms with Gasteiger partial charge in [0, 0.05) is 29.6 Å². The molecule has 0 aromatic carbocycles. The van der Waals surface area contributed by atoms with Gasteiger partial charge in [0.25, 0.3) is 5.91 Å². The first-order chi connectivity index (χ1) is 9.40. The SMILES string of the molecule is CC(C)Nc1nc(N)c(C(=O)N2CCSC(C)C2C)s1. The highest BCUT2D eigenvalue weighted by Gasteiger charge is 2.31. The summed E-state index contributed by atoms with van der Waals surface area (Å²) in [6.07, 6.45) is 0. The molecule has 1 aliphatic rings. The normalized spacial score (nSPS) is 23.1. The summed E-state index contributed by atoms with van der Waals surface area (Å²) in [6.45, 7) is 9.10. The van der Waals surface area contributed by atoms with Crippen molar-refractivity contribution in [2.24, 2.45) is 0 Å². The second kappa shape index (κ2) is 6.22. The molecule has 0 aliphatic carbocycles. The summed E-state index contributed by atoms with van der Waals surface area (Å²) in [6, 6.07) is 0.498. The number of anilines is 2. The molecule has 3 N–H and O–H groups in total. The molecule has 1 saturated heterocycles. The lowest BCUT2D eigenvalue weighted by molar-refractivity contribution is 0.0704. The maximum Gasteiger partial charge on any atom is 0.268 e. The molecule has 2 unspecified atom stereocenters. The van der Waals surface area contributed by atoms with E-state index in [1.165, 1.54) is 11.3 Å². The molecule has 112 valence electrons. The van der Waals surface area contributed by atoms with E-state index >= 15 is 0 Å². The van der Waals surface area contributed by atoms with Gasteiger partial charge in [-0.3, -0.25) is 4.79 Å². The Morgan fingerprint density at radius 3 is 2.85 bits per heavy atom. The average Bonchev–Trinajstić information content (AvgIpc) is 2.72. The van der Waals surface area contributed by atoms with Crippen LogP contribution in [-0.4, -0.2) is 45.4 Å². The maximum absolute atomic E-state index is 12.7. The Morgan fingerprint density at radius 1 is 1.50 bits per heavy atom. The number of thioether (sulfide) groups is 1. The minimum Gasteiger partial charge on any atom is -0.382 e. The van der Waals surface area contributed by atoms with Crippen LogP contribution in [0.5, 0.6) is 0 Å². The van der Waals surface area contributed by atoms with Gasteiger partial charge >= 0.3 is 0 Å². The van der Waals surface area contributed by atoms with Gasteiger partial charge in [0.2, 0.25) is 0 Å². The van der Waals surface area contributed by atoms with Crippen molar-refractivity contribution < 1.29 is 4.79 Å². The monoisotopic (exact) mass is 314 g/mol. The van der Waals surface area contributed by atoms with Crippen LogP contribution in [-0.2, 0) is 0 Å². The lowest BCUT2D eigenvalue weighted by atomic mass is 10.2. The fraction of sp³-hybridized carbons (Fsp3) is 0.692. The van der Waals surface area contributed by atoms with Crippen molar-refractivity contribution in [3.8, 4) is 0 Å². The van der Waals surface area contributed by atoms with Gasteiger partial charge in [0.05, 0.1) is 0 Å². The van der Waals surface area contributed by atoms with Crippen LogP contribution in [0.1, 0.15) is 37.4 Å². The fourth-order valence-electron chi connectivity index (χ4n) is 2.14. The predicted octanol–water partition coefficient (Wildman–Crippen LogP) is 2.51. The van der Waals surface area contributed by atoms with Gasteiger partial charge < -0.3 is 16.0 Å². The Hall–Kier alpha value is -0.950. The van der Waals surface area contributed by atoms with Crippen LogP contribution >= 0.6 is 23.1 Å². The van der Waals surface area contributed by atoms with Gasteiger partial charge in [-0.1, -0.05) is 18.3 Å². The summed E-state index contributed by atoms with van der Waals surface area (Å²) >= 11 is 3.26. The largest absolute Gasteiger partial charge is 0.382 e. The van der Waals surface area contributed by atoms with Gasteiger partial charge in [-0.15, -0.1) is 0 Å². The zero-order valence-corrected chi connectivity index (χ0v) is 14.0. The van der Waals surface area contributed by atoms with Crippen LogP contribution in [0.3, 0.4) is 0 Å².